The summed E-state index contributed by atoms with van der Waals surface area (Å²) in [7, 11) is 0. The van der Waals surface area contributed by atoms with Crippen molar-refractivity contribution in [2.75, 3.05) is 5.32 Å². The van der Waals surface area contributed by atoms with Crippen LogP contribution in [0.25, 0.3) is 5.52 Å². The molecule has 0 saturated carbocycles. The largest absolute Gasteiger partial charge is 0.478 e. The third kappa shape index (κ3) is 2.53. The van der Waals surface area contributed by atoms with Gasteiger partial charge in [0.05, 0.1) is 16.3 Å². The van der Waals surface area contributed by atoms with E-state index in [1.807, 2.05) is 13.0 Å². The van der Waals surface area contributed by atoms with E-state index in [1.165, 1.54) is 12.1 Å². The van der Waals surface area contributed by atoms with Gasteiger partial charge >= 0.3 is 5.97 Å². The van der Waals surface area contributed by atoms with E-state index in [1.54, 1.807) is 23.0 Å². The van der Waals surface area contributed by atoms with Gasteiger partial charge in [0.1, 0.15) is 5.52 Å². The van der Waals surface area contributed by atoms with Crippen molar-refractivity contribution in [2.45, 2.75) is 6.92 Å². The molecule has 0 fully saturated rings. The Morgan fingerprint density at radius 1 is 1.38 bits per heavy atom. The number of benzene rings is 1. The van der Waals surface area contributed by atoms with Gasteiger partial charge in [0.25, 0.3) is 0 Å². The maximum absolute atomic E-state index is 11.1. The Morgan fingerprint density at radius 3 is 2.95 bits per heavy atom. The number of hydrogen-bond donors (Lipinski definition) is 2. The van der Waals surface area contributed by atoms with E-state index in [0.29, 0.717) is 11.5 Å². The number of aromatic nitrogens is 3. The number of hydrogen-bond acceptors (Lipinski definition) is 4. The standard InChI is InChI=1S/C14H11ClN4O2/c1-8-6-12-13(16-4-5-19(12)18-8)17-9-2-3-11(15)10(7-9)14(20)21/h2-7H,1H3,(H,16,17)(H,20,21). The normalized spacial score (nSPS) is 10.8. The lowest BCUT2D eigenvalue weighted by Gasteiger charge is -2.08. The summed E-state index contributed by atoms with van der Waals surface area (Å²) in [6, 6.07) is 6.60. The Morgan fingerprint density at radius 2 is 2.19 bits per heavy atom. The van der Waals surface area contributed by atoms with Gasteiger partial charge in [0.2, 0.25) is 0 Å². The predicted octanol–water partition coefficient (Wildman–Crippen LogP) is 3.13. The van der Waals surface area contributed by atoms with Gasteiger partial charge in [0.15, 0.2) is 5.82 Å². The highest BCUT2D eigenvalue weighted by Gasteiger charge is 2.11. The smallest absolute Gasteiger partial charge is 0.337 e. The van der Waals surface area contributed by atoms with Crippen LogP contribution in [0, 0.1) is 6.92 Å². The quantitative estimate of drug-likeness (QED) is 0.777. The van der Waals surface area contributed by atoms with Crippen molar-refractivity contribution in [3.8, 4) is 0 Å². The predicted molar refractivity (Wildman–Crippen MR) is 79.4 cm³/mol. The molecule has 3 rings (SSSR count). The number of carboxylic acid groups (broad SMARTS) is 1. The second-order valence-corrected chi connectivity index (χ2v) is 4.92. The molecule has 0 aliphatic heterocycles. The molecule has 0 unspecified atom stereocenters. The Kier molecular flexibility index (Phi) is 3.23. The van der Waals surface area contributed by atoms with E-state index >= 15 is 0 Å². The molecule has 0 saturated heterocycles. The zero-order valence-corrected chi connectivity index (χ0v) is 11.8. The minimum atomic E-state index is -1.07. The van der Waals surface area contributed by atoms with Gasteiger partial charge < -0.3 is 10.4 Å². The number of carboxylic acids is 1. The highest BCUT2D eigenvalue weighted by molar-refractivity contribution is 6.33. The molecule has 7 heteroatoms. The third-order valence-corrected chi connectivity index (χ3v) is 3.30. The summed E-state index contributed by atoms with van der Waals surface area (Å²) < 4.78 is 1.71. The first-order valence-corrected chi connectivity index (χ1v) is 6.53. The van der Waals surface area contributed by atoms with Crippen molar-refractivity contribution in [1.82, 2.24) is 14.6 Å². The van der Waals surface area contributed by atoms with E-state index in [9.17, 15) is 4.79 Å². The summed E-state index contributed by atoms with van der Waals surface area (Å²) in [5.74, 6) is -0.480. The van der Waals surface area contributed by atoms with Crippen LogP contribution in [0.3, 0.4) is 0 Å². The van der Waals surface area contributed by atoms with Crippen LogP contribution in [-0.4, -0.2) is 25.7 Å². The van der Waals surface area contributed by atoms with E-state index in [-0.39, 0.29) is 10.6 Å². The second kappa shape index (κ2) is 5.06. The van der Waals surface area contributed by atoms with Crippen LogP contribution in [-0.2, 0) is 0 Å². The summed E-state index contributed by atoms with van der Waals surface area (Å²) in [5.41, 5.74) is 2.31. The zero-order chi connectivity index (χ0) is 15.0. The lowest BCUT2D eigenvalue weighted by molar-refractivity contribution is 0.0697. The molecule has 0 amide bonds. The van der Waals surface area contributed by atoms with Crippen LogP contribution in [0.15, 0.2) is 36.7 Å². The topological polar surface area (TPSA) is 79.5 Å². The lowest BCUT2D eigenvalue weighted by Crippen LogP contribution is -2.01. The number of nitrogens with one attached hydrogen (secondary N) is 1. The molecule has 21 heavy (non-hydrogen) atoms. The molecule has 1 aromatic carbocycles. The van der Waals surface area contributed by atoms with Crippen LogP contribution < -0.4 is 5.32 Å². The maximum Gasteiger partial charge on any atom is 0.337 e. The van der Waals surface area contributed by atoms with Crippen molar-refractivity contribution in [1.29, 1.82) is 0 Å². The van der Waals surface area contributed by atoms with Crippen molar-refractivity contribution >= 4 is 34.6 Å². The SMILES string of the molecule is Cc1cc2c(Nc3ccc(Cl)c(C(=O)O)c3)nccn2n1. The van der Waals surface area contributed by atoms with Gasteiger partial charge in [-0.15, -0.1) is 0 Å². The molecule has 0 bridgehead atoms. The first-order valence-electron chi connectivity index (χ1n) is 6.15. The summed E-state index contributed by atoms with van der Waals surface area (Å²) in [6.45, 7) is 1.89. The van der Waals surface area contributed by atoms with E-state index in [4.69, 9.17) is 16.7 Å². The van der Waals surface area contributed by atoms with Crippen molar-refractivity contribution < 1.29 is 9.90 Å². The minimum Gasteiger partial charge on any atom is -0.478 e. The molecule has 0 spiro atoms. The summed E-state index contributed by atoms with van der Waals surface area (Å²) in [5, 5.41) is 16.7. The number of aromatic carboxylic acids is 1. The van der Waals surface area contributed by atoms with Gasteiger partial charge in [-0.25, -0.2) is 14.3 Å². The summed E-state index contributed by atoms with van der Waals surface area (Å²) in [6.07, 6.45) is 3.37. The number of halogens is 1. The highest BCUT2D eigenvalue weighted by atomic mass is 35.5. The molecule has 0 radical (unpaired) electrons. The van der Waals surface area contributed by atoms with Crippen LogP contribution in [0.5, 0.6) is 0 Å². The van der Waals surface area contributed by atoms with Gasteiger partial charge in [-0.2, -0.15) is 5.10 Å². The molecular formula is C14H11ClN4O2. The molecule has 0 atom stereocenters. The average molecular weight is 303 g/mol. The van der Waals surface area contributed by atoms with Crippen LogP contribution >= 0.6 is 11.6 Å². The molecule has 3 aromatic rings. The molecule has 0 aliphatic rings. The number of anilines is 2. The molecular weight excluding hydrogens is 292 g/mol. The van der Waals surface area contributed by atoms with Crippen LogP contribution in [0.2, 0.25) is 5.02 Å². The number of nitrogens with zero attached hydrogens (tertiary/aromatic N) is 3. The fourth-order valence-electron chi connectivity index (χ4n) is 2.04. The number of fused-ring (bicyclic) bond motifs is 1. The van der Waals surface area contributed by atoms with Gasteiger partial charge in [-0.05, 0) is 31.2 Å². The van der Waals surface area contributed by atoms with Gasteiger partial charge in [-0.1, -0.05) is 11.6 Å². The van der Waals surface area contributed by atoms with Gasteiger partial charge in [-0.3, -0.25) is 0 Å². The summed E-state index contributed by atoms with van der Waals surface area (Å²) in [4.78, 5) is 15.4. The second-order valence-electron chi connectivity index (χ2n) is 4.52. The first kappa shape index (κ1) is 13.4. The van der Waals surface area contributed by atoms with Gasteiger partial charge in [0, 0.05) is 18.1 Å². The molecule has 106 valence electrons. The number of carbonyl (C=O) groups is 1. The van der Waals surface area contributed by atoms with E-state index in [2.05, 4.69) is 15.4 Å². The van der Waals surface area contributed by atoms with Crippen molar-refractivity contribution in [3.63, 3.8) is 0 Å². The van der Waals surface area contributed by atoms with Crippen molar-refractivity contribution in [3.05, 3.63) is 52.9 Å². The Hall–Kier alpha value is -2.60. The minimum absolute atomic E-state index is 0.0401. The van der Waals surface area contributed by atoms with E-state index in [0.717, 1.165) is 11.2 Å². The molecule has 2 heterocycles. The van der Waals surface area contributed by atoms with Crippen LogP contribution in [0.4, 0.5) is 11.5 Å². The fourth-order valence-corrected chi connectivity index (χ4v) is 2.24. The number of aryl methyl sites for hydroxylation is 1. The van der Waals surface area contributed by atoms with Crippen LogP contribution in [0.1, 0.15) is 16.1 Å². The Bertz CT molecular complexity index is 844. The Balaban J connectivity index is 2.02. The first-order chi connectivity index (χ1) is 10.0. The van der Waals surface area contributed by atoms with Crippen molar-refractivity contribution in [2.24, 2.45) is 0 Å². The molecule has 0 aliphatic carbocycles. The highest BCUT2D eigenvalue weighted by Crippen LogP contribution is 2.24. The molecule has 6 nitrogen and oxygen atoms in total. The molecule has 2 aromatic heterocycles. The summed E-state index contributed by atoms with van der Waals surface area (Å²) >= 11 is 5.85. The maximum atomic E-state index is 11.1. The Labute approximate surface area is 125 Å². The monoisotopic (exact) mass is 302 g/mol. The average Bonchev–Trinajstić information content (AvgIpc) is 2.82. The lowest BCUT2D eigenvalue weighted by atomic mass is 10.2. The third-order valence-electron chi connectivity index (χ3n) is 2.97. The zero-order valence-electron chi connectivity index (χ0n) is 11.0. The fraction of sp³-hybridized carbons (Fsp3) is 0.0714. The molecule has 2 N–H and O–H groups in total. The number of rotatable bonds is 3. The van der Waals surface area contributed by atoms with E-state index < -0.39 is 5.97 Å².